The predicted octanol–water partition coefficient (Wildman–Crippen LogP) is 1.17. The monoisotopic (exact) mass is 294 g/mol. The summed E-state index contributed by atoms with van der Waals surface area (Å²) in [5, 5.41) is 2.79. The van der Waals surface area contributed by atoms with Crippen LogP contribution >= 0.6 is 0 Å². The average Bonchev–Trinajstić information content (AvgIpc) is 2.99. The van der Waals surface area contributed by atoms with E-state index in [2.05, 4.69) is 5.32 Å². The largest absolute Gasteiger partial charge is 0.467 e. The minimum Gasteiger partial charge on any atom is -0.467 e. The molecule has 0 aliphatic carbocycles. The smallest absolute Gasteiger partial charge is 0.223 e. The summed E-state index contributed by atoms with van der Waals surface area (Å²) in [7, 11) is 0. The van der Waals surface area contributed by atoms with Gasteiger partial charge in [0.05, 0.1) is 26.0 Å². The Bertz CT molecular complexity index is 452. The summed E-state index contributed by atoms with van der Waals surface area (Å²) in [6, 6.07) is 3.59. The van der Waals surface area contributed by atoms with Crippen LogP contribution in [-0.2, 0) is 20.9 Å². The van der Waals surface area contributed by atoms with E-state index >= 15 is 0 Å². The molecule has 116 valence electrons. The Morgan fingerprint density at radius 2 is 2.10 bits per heavy atom. The van der Waals surface area contributed by atoms with Gasteiger partial charge in [-0.15, -0.1) is 0 Å². The van der Waals surface area contributed by atoms with Gasteiger partial charge in [0.2, 0.25) is 11.8 Å². The molecule has 0 aromatic carbocycles. The molecule has 1 unspecified atom stereocenters. The van der Waals surface area contributed by atoms with E-state index < -0.39 is 0 Å². The molecule has 0 spiro atoms. The molecule has 2 heterocycles. The molecule has 1 aromatic rings. The van der Waals surface area contributed by atoms with Crippen LogP contribution in [0.25, 0.3) is 0 Å². The molecule has 6 nitrogen and oxygen atoms in total. The van der Waals surface area contributed by atoms with Gasteiger partial charge in [0.1, 0.15) is 5.76 Å². The van der Waals surface area contributed by atoms with Gasteiger partial charge in [-0.2, -0.15) is 0 Å². The van der Waals surface area contributed by atoms with Crippen LogP contribution in [0.1, 0.15) is 25.5 Å². The third kappa shape index (κ3) is 5.23. The van der Waals surface area contributed by atoms with E-state index in [9.17, 15) is 9.59 Å². The van der Waals surface area contributed by atoms with E-state index in [4.69, 9.17) is 9.15 Å². The van der Waals surface area contributed by atoms with E-state index in [1.54, 1.807) is 17.2 Å². The summed E-state index contributed by atoms with van der Waals surface area (Å²) >= 11 is 0. The zero-order valence-corrected chi connectivity index (χ0v) is 12.3. The Kier molecular flexibility index (Phi) is 5.80. The zero-order valence-electron chi connectivity index (χ0n) is 12.3. The van der Waals surface area contributed by atoms with Crippen molar-refractivity contribution in [3.63, 3.8) is 0 Å². The Morgan fingerprint density at radius 1 is 1.33 bits per heavy atom. The second-order valence-electron chi connectivity index (χ2n) is 5.36. The summed E-state index contributed by atoms with van der Waals surface area (Å²) in [6.45, 7) is 4.81. The van der Waals surface area contributed by atoms with Crippen molar-refractivity contribution in [2.24, 2.45) is 5.92 Å². The first kappa shape index (κ1) is 15.6. The lowest BCUT2D eigenvalue weighted by Crippen LogP contribution is -2.41. The molecule has 1 aliphatic rings. The number of nitrogens with zero attached hydrogens (tertiary/aromatic N) is 1. The van der Waals surface area contributed by atoms with Crippen molar-refractivity contribution in [1.29, 1.82) is 0 Å². The minimum absolute atomic E-state index is 0.0249. The van der Waals surface area contributed by atoms with Crippen molar-refractivity contribution in [2.75, 3.05) is 26.3 Å². The summed E-state index contributed by atoms with van der Waals surface area (Å²) < 4.78 is 10.4. The summed E-state index contributed by atoms with van der Waals surface area (Å²) in [4.78, 5) is 25.7. The molecule has 1 saturated heterocycles. The first-order valence-electron chi connectivity index (χ1n) is 7.29. The van der Waals surface area contributed by atoms with Gasteiger partial charge in [0, 0.05) is 25.9 Å². The molecule has 1 aromatic heterocycles. The van der Waals surface area contributed by atoms with Gasteiger partial charge >= 0.3 is 0 Å². The summed E-state index contributed by atoms with van der Waals surface area (Å²) in [5.74, 6) is 0.788. The van der Waals surface area contributed by atoms with E-state index in [1.165, 1.54) is 0 Å². The highest BCUT2D eigenvalue weighted by molar-refractivity contribution is 5.79. The highest BCUT2D eigenvalue weighted by Gasteiger charge is 2.20. The lowest BCUT2D eigenvalue weighted by molar-refractivity contribution is -0.136. The molecule has 0 bridgehead atoms. The lowest BCUT2D eigenvalue weighted by Gasteiger charge is -2.27. The SMILES string of the molecule is CC(CC(=O)NCc1ccco1)CC(=O)N1CCOCC1. The Labute approximate surface area is 124 Å². The Balaban J connectivity index is 1.66. The van der Waals surface area contributed by atoms with E-state index in [1.807, 2.05) is 13.0 Å². The second-order valence-corrected chi connectivity index (χ2v) is 5.36. The fourth-order valence-corrected chi connectivity index (χ4v) is 2.30. The van der Waals surface area contributed by atoms with Gasteiger partial charge in [-0.1, -0.05) is 6.92 Å². The van der Waals surface area contributed by atoms with Crippen molar-refractivity contribution in [3.05, 3.63) is 24.2 Å². The van der Waals surface area contributed by atoms with Crippen LogP contribution in [0.4, 0.5) is 0 Å². The van der Waals surface area contributed by atoms with Crippen LogP contribution in [0, 0.1) is 5.92 Å². The standard InChI is InChI=1S/C15H22N2O4/c1-12(10-15(19)17-4-7-20-8-5-17)9-14(18)16-11-13-3-2-6-21-13/h2-3,6,12H,4-5,7-11H2,1H3,(H,16,18). The highest BCUT2D eigenvalue weighted by atomic mass is 16.5. The summed E-state index contributed by atoms with van der Waals surface area (Å²) in [5.41, 5.74) is 0. The number of carbonyl (C=O) groups excluding carboxylic acids is 2. The number of nitrogens with one attached hydrogen (secondary N) is 1. The number of ether oxygens (including phenoxy) is 1. The maximum Gasteiger partial charge on any atom is 0.223 e. The maximum absolute atomic E-state index is 12.1. The Morgan fingerprint density at radius 3 is 2.76 bits per heavy atom. The van der Waals surface area contributed by atoms with Crippen LogP contribution in [0.5, 0.6) is 0 Å². The number of rotatable bonds is 6. The van der Waals surface area contributed by atoms with Crippen molar-refractivity contribution < 1.29 is 18.7 Å². The molecule has 0 radical (unpaired) electrons. The van der Waals surface area contributed by atoms with Gasteiger partial charge in [-0.25, -0.2) is 0 Å². The number of amides is 2. The van der Waals surface area contributed by atoms with Crippen LogP contribution in [-0.4, -0.2) is 43.0 Å². The van der Waals surface area contributed by atoms with E-state index in [0.717, 1.165) is 5.76 Å². The molecule has 21 heavy (non-hydrogen) atoms. The van der Waals surface area contributed by atoms with Crippen molar-refractivity contribution in [3.8, 4) is 0 Å². The van der Waals surface area contributed by atoms with Crippen LogP contribution in [0.15, 0.2) is 22.8 Å². The zero-order chi connectivity index (χ0) is 15.1. The Hall–Kier alpha value is -1.82. The van der Waals surface area contributed by atoms with Crippen molar-refractivity contribution in [2.45, 2.75) is 26.3 Å². The molecule has 6 heteroatoms. The van der Waals surface area contributed by atoms with Crippen molar-refractivity contribution in [1.82, 2.24) is 10.2 Å². The molecule has 0 saturated carbocycles. The molecular formula is C15H22N2O4. The van der Waals surface area contributed by atoms with Crippen LogP contribution in [0.2, 0.25) is 0 Å². The molecule has 2 amide bonds. The number of carbonyl (C=O) groups is 2. The normalized spacial score (nSPS) is 16.5. The van der Waals surface area contributed by atoms with Gasteiger partial charge in [0.25, 0.3) is 0 Å². The fourth-order valence-electron chi connectivity index (χ4n) is 2.30. The van der Waals surface area contributed by atoms with Gasteiger partial charge in [-0.3, -0.25) is 9.59 Å². The third-order valence-corrected chi connectivity index (χ3v) is 3.46. The predicted molar refractivity (Wildman–Crippen MR) is 76.4 cm³/mol. The third-order valence-electron chi connectivity index (χ3n) is 3.46. The molecule has 1 fully saturated rings. The van der Waals surface area contributed by atoms with Crippen LogP contribution in [0.3, 0.4) is 0 Å². The molecule has 2 rings (SSSR count). The fraction of sp³-hybridized carbons (Fsp3) is 0.600. The number of morpholine rings is 1. The van der Waals surface area contributed by atoms with Gasteiger partial charge in [0.15, 0.2) is 0 Å². The molecule has 1 N–H and O–H groups in total. The minimum atomic E-state index is -0.0614. The molecular weight excluding hydrogens is 272 g/mol. The van der Waals surface area contributed by atoms with Crippen LogP contribution < -0.4 is 5.32 Å². The first-order chi connectivity index (χ1) is 10.1. The lowest BCUT2D eigenvalue weighted by atomic mass is 10.0. The highest BCUT2D eigenvalue weighted by Crippen LogP contribution is 2.11. The number of hydrogen-bond donors (Lipinski definition) is 1. The first-order valence-corrected chi connectivity index (χ1v) is 7.29. The number of hydrogen-bond acceptors (Lipinski definition) is 4. The second kappa shape index (κ2) is 7.83. The average molecular weight is 294 g/mol. The maximum atomic E-state index is 12.1. The quantitative estimate of drug-likeness (QED) is 0.855. The van der Waals surface area contributed by atoms with Gasteiger partial charge < -0.3 is 19.4 Å². The number of furan rings is 1. The van der Waals surface area contributed by atoms with Crippen molar-refractivity contribution >= 4 is 11.8 Å². The summed E-state index contributed by atoms with van der Waals surface area (Å²) in [6.07, 6.45) is 2.32. The molecule has 1 atom stereocenters. The topological polar surface area (TPSA) is 71.8 Å². The van der Waals surface area contributed by atoms with Gasteiger partial charge in [-0.05, 0) is 18.1 Å². The molecule has 1 aliphatic heterocycles. The van der Waals surface area contributed by atoms with E-state index in [0.29, 0.717) is 45.7 Å². The van der Waals surface area contributed by atoms with E-state index in [-0.39, 0.29) is 17.7 Å².